The van der Waals surface area contributed by atoms with Crippen molar-refractivity contribution in [2.24, 2.45) is 5.92 Å². The van der Waals surface area contributed by atoms with Gasteiger partial charge in [-0.15, -0.1) is 0 Å². The minimum Gasteiger partial charge on any atom is -0.367 e. The number of carbonyl (C=O) groups excluding carboxylic acids is 1. The number of hydrogen-bond donors (Lipinski definition) is 0. The lowest BCUT2D eigenvalue weighted by Gasteiger charge is -2.30. The van der Waals surface area contributed by atoms with E-state index in [1.54, 1.807) is 0 Å². The van der Waals surface area contributed by atoms with Crippen molar-refractivity contribution in [2.45, 2.75) is 45.2 Å². The second kappa shape index (κ2) is 5.35. The first-order chi connectivity index (χ1) is 8.24. The summed E-state index contributed by atoms with van der Waals surface area (Å²) in [6.07, 6.45) is 15.8. The average Bonchev–Trinajstić information content (AvgIpc) is 3.16. The maximum Gasteiger partial charge on any atom is 0.148 e. The fourth-order valence-electron chi connectivity index (χ4n) is 2.14. The van der Waals surface area contributed by atoms with Crippen LogP contribution in [0.2, 0.25) is 0 Å². The van der Waals surface area contributed by atoms with Gasteiger partial charge in [-0.2, -0.15) is 0 Å². The van der Waals surface area contributed by atoms with E-state index in [1.165, 1.54) is 19.3 Å². The summed E-state index contributed by atoms with van der Waals surface area (Å²) in [7, 11) is 0. The molecule has 2 heteroatoms. The molecule has 0 aromatic carbocycles. The molecule has 3 aliphatic rings. The summed E-state index contributed by atoms with van der Waals surface area (Å²) < 4.78 is 0. The number of aldehydes is 1. The van der Waals surface area contributed by atoms with Crippen LogP contribution in [0.25, 0.3) is 0 Å². The second-order valence-electron chi connectivity index (χ2n) is 5.13. The molecule has 0 radical (unpaired) electrons. The molecule has 0 spiro atoms. The minimum absolute atomic E-state index is 0.264. The summed E-state index contributed by atoms with van der Waals surface area (Å²) in [5.74, 6) is 0.264. The van der Waals surface area contributed by atoms with Gasteiger partial charge in [0.15, 0.2) is 0 Å². The molecule has 2 unspecified atom stereocenters. The molecule has 3 rings (SSSR count). The largest absolute Gasteiger partial charge is 0.367 e. The Morgan fingerprint density at radius 3 is 2.41 bits per heavy atom. The highest BCUT2D eigenvalue weighted by molar-refractivity contribution is 5.76. The molecule has 0 saturated heterocycles. The van der Waals surface area contributed by atoms with Gasteiger partial charge in [-0.05, 0) is 13.8 Å². The van der Waals surface area contributed by atoms with Crippen molar-refractivity contribution in [3.05, 3.63) is 36.1 Å². The van der Waals surface area contributed by atoms with Crippen LogP contribution < -0.4 is 0 Å². The van der Waals surface area contributed by atoms with E-state index in [-0.39, 0.29) is 5.92 Å². The standard InChI is InChI=1S/C12H15NO.C3H6/c1-9(2)13-7-10(8-14)11-5-3-4-6-12(11)13;1-2-3-1/h3-9,11-12H,1-2H3;1-3H2. The van der Waals surface area contributed by atoms with Gasteiger partial charge in [-0.3, -0.25) is 4.79 Å². The van der Waals surface area contributed by atoms with Crippen LogP contribution in [-0.4, -0.2) is 23.3 Å². The van der Waals surface area contributed by atoms with Gasteiger partial charge < -0.3 is 4.90 Å². The van der Waals surface area contributed by atoms with Crippen molar-refractivity contribution in [2.75, 3.05) is 0 Å². The van der Waals surface area contributed by atoms with Crippen LogP contribution in [0.5, 0.6) is 0 Å². The zero-order valence-corrected chi connectivity index (χ0v) is 10.7. The van der Waals surface area contributed by atoms with E-state index in [9.17, 15) is 4.79 Å². The zero-order valence-electron chi connectivity index (χ0n) is 10.7. The van der Waals surface area contributed by atoms with E-state index in [2.05, 4.69) is 37.0 Å². The van der Waals surface area contributed by atoms with Crippen LogP contribution in [0.1, 0.15) is 33.1 Å². The van der Waals surface area contributed by atoms with Gasteiger partial charge in [-0.1, -0.05) is 43.6 Å². The van der Waals surface area contributed by atoms with Crippen molar-refractivity contribution < 1.29 is 4.79 Å². The molecular formula is C15H21NO. The Bertz CT molecular complexity index is 360. The fraction of sp³-hybridized carbons (Fsp3) is 0.533. The van der Waals surface area contributed by atoms with E-state index < -0.39 is 0 Å². The number of rotatable bonds is 2. The van der Waals surface area contributed by atoms with Crippen LogP contribution in [0, 0.1) is 5.92 Å². The molecule has 1 saturated carbocycles. The number of allylic oxidation sites excluding steroid dienone is 2. The predicted octanol–water partition coefficient (Wildman–Crippen LogP) is 3.07. The smallest absolute Gasteiger partial charge is 0.148 e. The van der Waals surface area contributed by atoms with Crippen LogP contribution >= 0.6 is 0 Å². The molecule has 0 bridgehead atoms. The predicted molar refractivity (Wildman–Crippen MR) is 70.5 cm³/mol. The molecule has 0 aromatic heterocycles. The topological polar surface area (TPSA) is 20.3 Å². The van der Waals surface area contributed by atoms with Crippen molar-refractivity contribution in [3.63, 3.8) is 0 Å². The quantitative estimate of drug-likeness (QED) is 0.681. The van der Waals surface area contributed by atoms with Crippen LogP contribution in [0.15, 0.2) is 36.1 Å². The monoisotopic (exact) mass is 231 g/mol. The van der Waals surface area contributed by atoms with Crippen LogP contribution in [-0.2, 0) is 4.79 Å². The maximum atomic E-state index is 10.9. The summed E-state index contributed by atoms with van der Waals surface area (Å²) in [5, 5.41) is 0. The number of carbonyl (C=O) groups is 1. The molecule has 92 valence electrons. The van der Waals surface area contributed by atoms with Gasteiger partial charge in [0.25, 0.3) is 0 Å². The van der Waals surface area contributed by atoms with Crippen molar-refractivity contribution in [1.29, 1.82) is 0 Å². The fourth-order valence-corrected chi connectivity index (χ4v) is 2.14. The first kappa shape index (κ1) is 12.2. The molecule has 2 atom stereocenters. The molecule has 2 aliphatic carbocycles. The van der Waals surface area contributed by atoms with Crippen LogP contribution in [0.3, 0.4) is 0 Å². The lowest BCUT2D eigenvalue weighted by molar-refractivity contribution is -0.105. The van der Waals surface area contributed by atoms with Gasteiger partial charge in [0.1, 0.15) is 6.29 Å². The summed E-state index contributed by atoms with van der Waals surface area (Å²) >= 11 is 0. The summed E-state index contributed by atoms with van der Waals surface area (Å²) in [6.45, 7) is 4.29. The van der Waals surface area contributed by atoms with Crippen molar-refractivity contribution in [3.8, 4) is 0 Å². The maximum absolute atomic E-state index is 10.9. The Hall–Kier alpha value is -1.31. The Labute approximate surface area is 104 Å². The summed E-state index contributed by atoms with van der Waals surface area (Å²) in [5.41, 5.74) is 0.893. The highest BCUT2D eigenvalue weighted by Gasteiger charge is 2.33. The summed E-state index contributed by atoms with van der Waals surface area (Å²) in [6, 6.07) is 0.788. The zero-order chi connectivity index (χ0) is 12.3. The molecule has 2 nitrogen and oxygen atoms in total. The molecule has 0 amide bonds. The van der Waals surface area contributed by atoms with E-state index in [0.29, 0.717) is 12.1 Å². The van der Waals surface area contributed by atoms with E-state index in [1.807, 2.05) is 12.3 Å². The van der Waals surface area contributed by atoms with Gasteiger partial charge in [0.05, 0.1) is 6.04 Å². The third kappa shape index (κ3) is 2.87. The summed E-state index contributed by atoms with van der Waals surface area (Å²) in [4.78, 5) is 13.1. The minimum atomic E-state index is 0.264. The molecular weight excluding hydrogens is 210 g/mol. The van der Waals surface area contributed by atoms with Gasteiger partial charge >= 0.3 is 0 Å². The van der Waals surface area contributed by atoms with Gasteiger partial charge in [0.2, 0.25) is 0 Å². The van der Waals surface area contributed by atoms with Crippen molar-refractivity contribution >= 4 is 6.29 Å². The molecule has 17 heavy (non-hydrogen) atoms. The van der Waals surface area contributed by atoms with E-state index in [4.69, 9.17) is 0 Å². The third-order valence-electron chi connectivity index (χ3n) is 3.22. The van der Waals surface area contributed by atoms with Crippen LogP contribution in [0.4, 0.5) is 0 Å². The Morgan fingerprint density at radius 2 is 1.88 bits per heavy atom. The van der Waals surface area contributed by atoms with E-state index in [0.717, 1.165) is 11.9 Å². The molecule has 0 N–H and O–H groups in total. The number of nitrogens with zero attached hydrogens (tertiary/aromatic N) is 1. The average molecular weight is 231 g/mol. The van der Waals surface area contributed by atoms with Gasteiger partial charge in [0, 0.05) is 23.7 Å². The molecule has 1 aliphatic heterocycles. The Morgan fingerprint density at radius 1 is 1.24 bits per heavy atom. The third-order valence-corrected chi connectivity index (χ3v) is 3.22. The van der Waals surface area contributed by atoms with E-state index >= 15 is 0 Å². The second-order valence-corrected chi connectivity index (χ2v) is 5.13. The first-order valence-electron chi connectivity index (χ1n) is 6.53. The lowest BCUT2D eigenvalue weighted by atomic mass is 9.91. The number of hydrogen-bond acceptors (Lipinski definition) is 2. The van der Waals surface area contributed by atoms with Crippen molar-refractivity contribution in [1.82, 2.24) is 4.90 Å². The normalized spacial score (nSPS) is 28.4. The van der Waals surface area contributed by atoms with Gasteiger partial charge in [-0.25, -0.2) is 0 Å². The Kier molecular flexibility index (Phi) is 3.82. The highest BCUT2D eigenvalue weighted by Crippen LogP contribution is 2.32. The lowest BCUT2D eigenvalue weighted by Crippen LogP contribution is -2.35. The first-order valence-corrected chi connectivity index (χ1v) is 6.53. The number of fused-ring (bicyclic) bond motifs is 1. The SMILES string of the molecule is C1CC1.CC(C)N1C=C(C=O)C2C=CC=CC21. The molecule has 0 aromatic rings. The molecule has 1 heterocycles. The highest BCUT2D eigenvalue weighted by atomic mass is 16.1. The Balaban J connectivity index is 0.000000313. The molecule has 1 fully saturated rings.